The van der Waals surface area contributed by atoms with Crippen LogP contribution < -0.4 is 5.32 Å². The molecule has 0 spiro atoms. The van der Waals surface area contributed by atoms with Crippen LogP contribution in [0.2, 0.25) is 0 Å². The Morgan fingerprint density at radius 1 is 1.57 bits per heavy atom. The molecule has 1 amide bonds. The fourth-order valence-corrected chi connectivity index (χ4v) is 3.49. The second kappa shape index (κ2) is 6.41. The maximum atomic E-state index is 12.1. The van der Waals surface area contributed by atoms with Gasteiger partial charge in [0.05, 0.1) is 17.8 Å². The number of carbonyl (C=O) groups excluding carboxylic acids is 1. The van der Waals surface area contributed by atoms with Gasteiger partial charge in [0.15, 0.2) is 0 Å². The van der Waals surface area contributed by atoms with E-state index in [2.05, 4.69) is 14.9 Å². The summed E-state index contributed by atoms with van der Waals surface area (Å²) in [5.41, 5.74) is 1.05. The van der Waals surface area contributed by atoms with Gasteiger partial charge in [-0.2, -0.15) is 0 Å². The van der Waals surface area contributed by atoms with E-state index in [-0.39, 0.29) is 5.91 Å². The highest BCUT2D eigenvalue weighted by Gasteiger charge is 2.30. The van der Waals surface area contributed by atoms with E-state index in [4.69, 9.17) is 4.74 Å². The number of imidazole rings is 1. The van der Waals surface area contributed by atoms with Gasteiger partial charge in [0.2, 0.25) is 0 Å². The smallest absolute Gasteiger partial charge is 0.261 e. The highest BCUT2D eigenvalue weighted by Crippen LogP contribution is 2.29. The van der Waals surface area contributed by atoms with Crippen molar-refractivity contribution in [3.63, 3.8) is 0 Å². The van der Waals surface area contributed by atoms with Gasteiger partial charge in [-0.05, 0) is 35.8 Å². The lowest BCUT2D eigenvalue weighted by atomic mass is 9.80. The maximum absolute atomic E-state index is 12.1. The fourth-order valence-electron chi connectivity index (χ4n) is 2.69. The first-order chi connectivity index (χ1) is 10.2. The first-order valence-electron chi connectivity index (χ1n) is 7.07. The number of carbonyl (C=O) groups is 1. The quantitative estimate of drug-likeness (QED) is 0.891. The third kappa shape index (κ3) is 3.51. The van der Waals surface area contributed by atoms with Crippen LogP contribution in [0.5, 0.6) is 0 Å². The van der Waals surface area contributed by atoms with Gasteiger partial charge in [-0.3, -0.25) is 4.79 Å². The summed E-state index contributed by atoms with van der Waals surface area (Å²) in [7, 11) is 1.66. The molecule has 0 radical (unpaired) electrons. The summed E-state index contributed by atoms with van der Waals surface area (Å²) >= 11 is 1.47. The molecular formula is C15H19N3O2S. The first kappa shape index (κ1) is 14.3. The lowest BCUT2D eigenvalue weighted by Crippen LogP contribution is -2.45. The van der Waals surface area contributed by atoms with E-state index in [9.17, 15) is 4.79 Å². The number of ether oxygens (including phenoxy) is 1. The van der Waals surface area contributed by atoms with Crippen LogP contribution in [0.25, 0.3) is 0 Å². The summed E-state index contributed by atoms with van der Waals surface area (Å²) in [5, 5.41) is 5.08. The largest absolute Gasteiger partial charge is 0.380 e. The van der Waals surface area contributed by atoms with E-state index in [0.29, 0.717) is 18.6 Å². The van der Waals surface area contributed by atoms with Gasteiger partial charge in [-0.1, -0.05) is 0 Å². The summed E-state index contributed by atoms with van der Waals surface area (Å²) in [6.07, 6.45) is 7.70. The zero-order chi connectivity index (χ0) is 14.7. The molecule has 1 fully saturated rings. The van der Waals surface area contributed by atoms with Gasteiger partial charge in [0.25, 0.3) is 5.91 Å². The lowest BCUT2D eigenvalue weighted by molar-refractivity contribution is 0.0885. The second-order valence-corrected chi connectivity index (χ2v) is 6.43. The molecule has 1 N–H and O–H groups in total. The van der Waals surface area contributed by atoms with Crippen molar-refractivity contribution in [1.82, 2.24) is 14.9 Å². The first-order valence-corrected chi connectivity index (χ1v) is 7.95. The zero-order valence-electron chi connectivity index (χ0n) is 12.0. The minimum atomic E-state index is 0.0356. The van der Waals surface area contributed by atoms with Gasteiger partial charge in [0.1, 0.15) is 0 Å². The van der Waals surface area contributed by atoms with E-state index in [1.165, 1.54) is 11.3 Å². The molecule has 1 aliphatic carbocycles. The highest BCUT2D eigenvalue weighted by molar-refractivity contribution is 7.12. The molecule has 0 atom stereocenters. The van der Waals surface area contributed by atoms with Gasteiger partial charge in [0, 0.05) is 32.1 Å². The van der Waals surface area contributed by atoms with Crippen LogP contribution in [0.15, 0.2) is 30.2 Å². The monoisotopic (exact) mass is 305 g/mol. The van der Waals surface area contributed by atoms with Gasteiger partial charge < -0.3 is 14.6 Å². The van der Waals surface area contributed by atoms with Crippen LogP contribution in [0.3, 0.4) is 0 Å². The Kier molecular flexibility index (Phi) is 4.36. The predicted octanol–water partition coefficient (Wildman–Crippen LogP) is 2.30. The van der Waals surface area contributed by atoms with E-state index in [0.717, 1.165) is 29.8 Å². The van der Waals surface area contributed by atoms with Crippen molar-refractivity contribution >= 4 is 17.2 Å². The van der Waals surface area contributed by atoms with E-state index >= 15 is 0 Å². The molecule has 0 unspecified atom stereocenters. The number of thiophene rings is 1. The number of hydrogen-bond donors (Lipinski definition) is 1. The van der Waals surface area contributed by atoms with Crippen molar-refractivity contribution in [2.75, 3.05) is 7.11 Å². The summed E-state index contributed by atoms with van der Waals surface area (Å²) < 4.78 is 7.16. The normalized spacial score (nSPS) is 21.0. The molecular weight excluding hydrogens is 286 g/mol. The molecule has 2 aromatic heterocycles. The van der Waals surface area contributed by atoms with Crippen molar-refractivity contribution in [3.8, 4) is 0 Å². The van der Waals surface area contributed by atoms with Crippen LogP contribution in [-0.2, 0) is 17.9 Å². The third-order valence-corrected chi connectivity index (χ3v) is 4.77. The molecule has 5 nitrogen and oxygen atoms in total. The van der Waals surface area contributed by atoms with Gasteiger partial charge >= 0.3 is 0 Å². The number of hydrogen-bond acceptors (Lipinski definition) is 4. The Bertz CT molecular complexity index is 588. The third-order valence-electron chi connectivity index (χ3n) is 3.79. The van der Waals surface area contributed by atoms with E-state index < -0.39 is 0 Å². The Balaban J connectivity index is 1.44. The summed E-state index contributed by atoms with van der Waals surface area (Å²) in [6, 6.07) is 2.21. The molecule has 3 rings (SSSR count). The molecule has 0 bridgehead atoms. The minimum absolute atomic E-state index is 0.0356. The van der Waals surface area contributed by atoms with Gasteiger partial charge in [-0.15, -0.1) is 11.3 Å². The molecule has 112 valence electrons. The number of methoxy groups -OCH3 is 1. The standard InChI is InChI=1S/C15H19N3O2S/c1-20-8-12-6-14(21-9-12)15(19)17-13-4-11(5-13)7-18-3-2-16-10-18/h2-3,6,9-11,13H,4-5,7-8H2,1H3,(H,17,19). The molecule has 2 heterocycles. The van der Waals surface area contributed by atoms with Crippen LogP contribution in [0.1, 0.15) is 28.1 Å². The van der Waals surface area contributed by atoms with Crippen molar-refractivity contribution in [2.24, 2.45) is 5.92 Å². The van der Waals surface area contributed by atoms with Crippen molar-refractivity contribution < 1.29 is 9.53 Å². The summed E-state index contributed by atoms with van der Waals surface area (Å²) in [5.74, 6) is 0.672. The Morgan fingerprint density at radius 3 is 3.14 bits per heavy atom. The molecule has 1 saturated carbocycles. The predicted molar refractivity (Wildman–Crippen MR) is 81.2 cm³/mol. The maximum Gasteiger partial charge on any atom is 0.261 e. The number of rotatable bonds is 6. The van der Waals surface area contributed by atoms with E-state index in [1.54, 1.807) is 13.3 Å². The molecule has 0 aromatic carbocycles. The number of nitrogens with one attached hydrogen (secondary N) is 1. The Hall–Kier alpha value is -1.66. The summed E-state index contributed by atoms with van der Waals surface area (Å²) in [4.78, 5) is 16.9. The van der Waals surface area contributed by atoms with Gasteiger partial charge in [-0.25, -0.2) is 4.98 Å². The molecule has 21 heavy (non-hydrogen) atoms. The average molecular weight is 305 g/mol. The van der Waals surface area contributed by atoms with Crippen LogP contribution in [-0.4, -0.2) is 28.6 Å². The number of nitrogens with zero attached hydrogens (tertiary/aromatic N) is 2. The Labute approximate surface area is 128 Å². The molecule has 2 aromatic rings. The molecule has 1 aliphatic rings. The van der Waals surface area contributed by atoms with Crippen LogP contribution >= 0.6 is 11.3 Å². The Morgan fingerprint density at radius 2 is 2.43 bits per heavy atom. The number of amides is 1. The van der Waals surface area contributed by atoms with Crippen LogP contribution in [0.4, 0.5) is 0 Å². The van der Waals surface area contributed by atoms with E-state index in [1.807, 2.05) is 24.0 Å². The number of aromatic nitrogens is 2. The molecule has 6 heteroatoms. The molecule has 0 aliphatic heterocycles. The van der Waals surface area contributed by atoms with Crippen molar-refractivity contribution in [1.29, 1.82) is 0 Å². The zero-order valence-corrected chi connectivity index (χ0v) is 12.8. The average Bonchev–Trinajstić information content (AvgIpc) is 3.07. The lowest BCUT2D eigenvalue weighted by Gasteiger charge is -2.35. The molecule has 0 saturated heterocycles. The second-order valence-electron chi connectivity index (χ2n) is 5.52. The SMILES string of the molecule is COCc1csc(C(=O)NC2CC(Cn3ccnc3)C2)c1. The highest BCUT2D eigenvalue weighted by atomic mass is 32.1. The van der Waals surface area contributed by atoms with Crippen molar-refractivity contribution in [2.45, 2.75) is 32.0 Å². The van der Waals surface area contributed by atoms with Crippen molar-refractivity contribution in [3.05, 3.63) is 40.6 Å². The van der Waals surface area contributed by atoms with Crippen LogP contribution in [0, 0.1) is 5.92 Å². The summed E-state index contributed by atoms with van der Waals surface area (Å²) in [6.45, 7) is 1.55. The topological polar surface area (TPSA) is 56.1 Å². The fraction of sp³-hybridized carbons (Fsp3) is 0.467. The minimum Gasteiger partial charge on any atom is -0.380 e.